The van der Waals surface area contributed by atoms with Crippen LogP contribution in [0.4, 0.5) is 0 Å². The zero-order valence-corrected chi connectivity index (χ0v) is 21.9. The molecule has 1 saturated heterocycles. The third-order valence-corrected chi connectivity index (χ3v) is 7.15. The molecule has 1 aromatic heterocycles. The highest BCUT2D eigenvalue weighted by atomic mass is 16.5. The maximum atomic E-state index is 13.0. The van der Waals surface area contributed by atoms with Gasteiger partial charge in [-0.05, 0) is 74.4 Å². The second-order valence-electron chi connectivity index (χ2n) is 9.94. The summed E-state index contributed by atoms with van der Waals surface area (Å²) in [5, 5.41) is 17.6. The molecule has 1 aliphatic rings. The zero-order valence-electron chi connectivity index (χ0n) is 21.9. The molecular formula is C29H35N5O3. The number of amides is 2. The Morgan fingerprint density at radius 2 is 1.92 bits per heavy atom. The summed E-state index contributed by atoms with van der Waals surface area (Å²) in [4.78, 5) is 27.5. The van der Waals surface area contributed by atoms with E-state index in [9.17, 15) is 9.59 Å². The molecule has 2 amide bonds. The summed E-state index contributed by atoms with van der Waals surface area (Å²) in [7, 11) is 1.61. The number of fused-ring (bicyclic) bond motifs is 1. The van der Waals surface area contributed by atoms with Gasteiger partial charge in [0.05, 0.1) is 18.2 Å². The topological polar surface area (TPSA) is 100 Å². The molecule has 4 rings (SSSR count). The lowest BCUT2D eigenvalue weighted by atomic mass is 9.96. The van der Waals surface area contributed by atoms with E-state index in [2.05, 4.69) is 11.4 Å². The number of aryl methyl sites for hydroxylation is 1. The average molecular weight is 502 g/mol. The van der Waals surface area contributed by atoms with Crippen LogP contribution in [0.15, 0.2) is 42.6 Å². The fourth-order valence-corrected chi connectivity index (χ4v) is 4.93. The molecule has 8 heteroatoms. The minimum absolute atomic E-state index is 0.0375. The lowest BCUT2D eigenvalue weighted by Gasteiger charge is -2.32. The van der Waals surface area contributed by atoms with Crippen LogP contribution in [0.25, 0.3) is 10.9 Å². The van der Waals surface area contributed by atoms with Crippen molar-refractivity contribution in [1.82, 2.24) is 20.0 Å². The lowest BCUT2D eigenvalue weighted by molar-refractivity contribution is 0.0681. The summed E-state index contributed by atoms with van der Waals surface area (Å²) in [6.45, 7) is 7.05. The summed E-state index contributed by atoms with van der Waals surface area (Å²) in [5.74, 6) is 0.359. The van der Waals surface area contributed by atoms with Crippen molar-refractivity contribution in [3.8, 4) is 6.07 Å². The highest BCUT2D eigenvalue weighted by Crippen LogP contribution is 2.25. The average Bonchev–Trinajstić information content (AvgIpc) is 3.33. The van der Waals surface area contributed by atoms with Crippen molar-refractivity contribution in [1.29, 1.82) is 5.26 Å². The van der Waals surface area contributed by atoms with Crippen LogP contribution in [0.3, 0.4) is 0 Å². The number of ether oxygens (including phenoxy) is 1. The van der Waals surface area contributed by atoms with E-state index in [1.165, 1.54) is 0 Å². The quantitative estimate of drug-likeness (QED) is 0.447. The predicted octanol–water partition coefficient (Wildman–Crippen LogP) is 3.98. The number of rotatable bonds is 9. The molecule has 0 saturated carbocycles. The van der Waals surface area contributed by atoms with Gasteiger partial charge in [0, 0.05) is 61.9 Å². The smallest absolute Gasteiger partial charge is 0.253 e. The number of methoxy groups -OCH3 is 1. The van der Waals surface area contributed by atoms with Crippen LogP contribution in [-0.4, -0.2) is 59.8 Å². The number of carbonyl (C=O) groups excluding carboxylic acids is 2. The van der Waals surface area contributed by atoms with Gasteiger partial charge >= 0.3 is 0 Å². The van der Waals surface area contributed by atoms with E-state index in [4.69, 9.17) is 15.1 Å². The van der Waals surface area contributed by atoms with Crippen molar-refractivity contribution in [2.75, 3.05) is 33.4 Å². The van der Waals surface area contributed by atoms with Gasteiger partial charge in [-0.3, -0.25) is 14.3 Å². The van der Waals surface area contributed by atoms with Gasteiger partial charge in [-0.15, -0.1) is 0 Å². The molecule has 1 fully saturated rings. The fourth-order valence-electron chi connectivity index (χ4n) is 4.93. The fraction of sp³-hybridized carbons (Fsp3) is 0.448. The SMILES string of the molecule is COCCNC(=O)c1ccc2nn(CC3CCN(C(=O)c4ccc(CC(C)C#N)cc4)CC3)cc2c1C. The first kappa shape index (κ1) is 26.4. The number of aromatic nitrogens is 2. The van der Waals surface area contributed by atoms with Gasteiger partial charge in [-0.25, -0.2) is 0 Å². The molecule has 0 bridgehead atoms. The first-order valence-corrected chi connectivity index (χ1v) is 12.9. The van der Waals surface area contributed by atoms with E-state index >= 15 is 0 Å². The van der Waals surface area contributed by atoms with Gasteiger partial charge in [0.25, 0.3) is 11.8 Å². The molecule has 1 unspecified atom stereocenters. The number of nitrogens with zero attached hydrogens (tertiary/aromatic N) is 4. The van der Waals surface area contributed by atoms with Crippen molar-refractivity contribution in [2.45, 2.75) is 39.7 Å². The standard InChI is InChI=1S/C29H35N5O3/c1-20(17-30)16-22-4-6-24(7-5-22)29(36)33-13-10-23(11-14-33)18-34-19-26-21(2)25(8-9-27(26)32-34)28(35)31-12-15-37-3/h4-9,19-20,23H,10-16,18H2,1-3H3,(H,31,35). The number of carbonyl (C=O) groups is 2. The van der Waals surface area contributed by atoms with Gasteiger partial charge in [-0.1, -0.05) is 12.1 Å². The van der Waals surface area contributed by atoms with Gasteiger partial charge in [-0.2, -0.15) is 10.4 Å². The van der Waals surface area contributed by atoms with E-state index in [0.717, 1.165) is 54.5 Å². The highest BCUT2D eigenvalue weighted by molar-refractivity contribution is 6.00. The monoisotopic (exact) mass is 501 g/mol. The number of hydrogen-bond acceptors (Lipinski definition) is 5. The van der Waals surface area contributed by atoms with E-state index in [1.807, 2.05) is 66.0 Å². The Morgan fingerprint density at radius 1 is 1.19 bits per heavy atom. The molecule has 2 heterocycles. The van der Waals surface area contributed by atoms with Crippen LogP contribution in [0.2, 0.25) is 0 Å². The van der Waals surface area contributed by atoms with Crippen molar-refractivity contribution in [2.24, 2.45) is 11.8 Å². The van der Waals surface area contributed by atoms with Crippen LogP contribution >= 0.6 is 0 Å². The molecular weight excluding hydrogens is 466 g/mol. The van der Waals surface area contributed by atoms with Crippen LogP contribution in [0.5, 0.6) is 0 Å². The number of hydrogen-bond donors (Lipinski definition) is 1. The molecule has 0 radical (unpaired) electrons. The van der Waals surface area contributed by atoms with Crippen LogP contribution in [0.1, 0.15) is 51.6 Å². The summed E-state index contributed by atoms with van der Waals surface area (Å²) in [6.07, 6.45) is 4.57. The molecule has 1 atom stereocenters. The first-order chi connectivity index (χ1) is 17.9. The molecule has 3 aromatic rings. The zero-order chi connectivity index (χ0) is 26.4. The van der Waals surface area contributed by atoms with Crippen LogP contribution in [0, 0.1) is 30.1 Å². The Hall–Kier alpha value is -3.70. The molecule has 1 aliphatic heterocycles. The van der Waals surface area contributed by atoms with Crippen molar-refractivity contribution < 1.29 is 14.3 Å². The largest absolute Gasteiger partial charge is 0.383 e. The first-order valence-electron chi connectivity index (χ1n) is 12.9. The summed E-state index contributed by atoms with van der Waals surface area (Å²) >= 11 is 0. The van der Waals surface area contributed by atoms with E-state index < -0.39 is 0 Å². The van der Waals surface area contributed by atoms with Crippen LogP contribution < -0.4 is 5.32 Å². The Morgan fingerprint density at radius 3 is 2.59 bits per heavy atom. The Kier molecular flexibility index (Phi) is 8.57. The van der Waals surface area contributed by atoms with Crippen molar-refractivity contribution in [3.05, 3.63) is 64.8 Å². The lowest BCUT2D eigenvalue weighted by Crippen LogP contribution is -2.39. The normalized spacial score (nSPS) is 14.9. The molecule has 0 spiro atoms. The molecule has 1 N–H and O–H groups in total. The van der Waals surface area contributed by atoms with E-state index in [0.29, 0.717) is 36.6 Å². The number of nitriles is 1. The molecule has 0 aliphatic carbocycles. The minimum Gasteiger partial charge on any atom is -0.383 e. The number of piperidine rings is 1. The maximum absolute atomic E-state index is 13.0. The number of nitrogens with one attached hydrogen (secondary N) is 1. The second kappa shape index (κ2) is 12.0. The van der Waals surface area contributed by atoms with E-state index in [1.54, 1.807) is 7.11 Å². The van der Waals surface area contributed by atoms with Crippen molar-refractivity contribution in [3.63, 3.8) is 0 Å². The maximum Gasteiger partial charge on any atom is 0.253 e. The Balaban J connectivity index is 1.33. The summed E-state index contributed by atoms with van der Waals surface area (Å²) < 4.78 is 6.99. The summed E-state index contributed by atoms with van der Waals surface area (Å²) in [6, 6.07) is 13.6. The van der Waals surface area contributed by atoms with Gasteiger partial charge in [0.2, 0.25) is 0 Å². The van der Waals surface area contributed by atoms with Gasteiger partial charge < -0.3 is 15.0 Å². The van der Waals surface area contributed by atoms with Crippen molar-refractivity contribution >= 4 is 22.7 Å². The Labute approximate surface area is 218 Å². The molecule has 37 heavy (non-hydrogen) atoms. The molecule has 194 valence electrons. The Bertz CT molecular complexity index is 1280. The van der Waals surface area contributed by atoms with Crippen LogP contribution in [-0.2, 0) is 17.7 Å². The third kappa shape index (κ3) is 6.36. The predicted molar refractivity (Wildman–Crippen MR) is 142 cm³/mol. The number of likely N-dealkylation sites (tertiary alicyclic amines) is 1. The molecule has 8 nitrogen and oxygen atoms in total. The summed E-state index contributed by atoms with van der Waals surface area (Å²) in [5.41, 5.74) is 4.23. The van der Waals surface area contributed by atoms with Gasteiger partial charge in [0.1, 0.15) is 0 Å². The second-order valence-corrected chi connectivity index (χ2v) is 9.94. The minimum atomic E-state index is -0.104. The third-order valence-electron chi connectivity index (χ3n) is 7.15. The number of benzene rings is 2. The molecule has 2 aromatic carbocycles. The van der Waals surface area contributed by atoms with Gasteiger partial charge in [0.15, 0.2) is 0 Å². The highest BCUT2D eigenvalue weighted by Gasteiger charge is 2.24. The van der Waals surface area contributed by atoms with E-state index in [-0.39, 0.29) is 17.7 Å².